The van der Waals surface area contributed by atoms with Crippen molar-refractivity contribution in [2.75, 3.05) is 59.5 Å². The first kappa shape index (κ1) is 21.0. The van der Waals surface area contributed by atoms with E-state index in [4.69, 9.17) is 16.3 Å². The summed E-state index contributed by atoms with van der Waals surface area (Å²) in [7, 11) is 1.61. The second kappa shape index (κ2) is 11.4. The van der Waals surface area contributed by atoms with E-state index in [1.807, 2.05) is 13.0 Å². The van der Waals surface area contributed by atoms with Crippen molar-refractivity contribution in [3.05, 3.63) is 21.3 Å². The van der Waals surface area contributed by atoms with Crippen LogP contribution in [0, 0.1) is 0 Å². The molecular weight excluding hydrogens is 374 g/mol. The Morgan fingerprint density at radius 1 is 1.31 bits per heavy atom. The lowest BCUT2D eigenvalue weighted by Crippen LogP contribution is -2.52. The molecule has 2 rings (SSSR count). The smallest absolute Gasteiger partial charge is 0.241 e. The van der Waals surface area contributed by atoms with E-state index in [1.54, 1.807) is 18.4 Å². The molecule has 0 atom stereocenters. The van der Waals surface area contributed by atoms with Gasteiger partial charge in [-0.1, -0.05) is 11.6 Å². The van der Waals surface area contributed by atoms with Gasteiger partial charge in [-0.3, -0.25) is 9.69 Å². The number of hydrogen-bond acceptors (Lipinski definition) is 5. The highest BCUT2D eigenvalue weighted by Gasteiger charge is 2.20. The van der Waals surface area contributed by atoms with Crippen LogP contribution in [0.4, 0.5) is 0 Å². The largest absolute Gasteiger partial charge is 0.383 e. The molecule has 2 heterocycles. The van der Waals surface area contributed by atoms with Crippen molar-refractivity contribution in [1.29, 1.82) is 0 Å². The fraction of sp³-hybridized carbons (Fsp3) is 0.647. The molecule has 2 N–H and O–H groups in total. The van der Waals surface area contributed by atoms with Gasteiger partial charge in [0, 0.05) is 57.8 Å². The van der Waals surface area contributed by atoms with Gasteiger partial charge in [-0.2, -0.15) is 0 Å². The van der Waals surface area contributed by atoms with E-state index < -0.39 is 0 Å². The average molecular weight is 402 g/mol. The number of carbonyl (C=O) groups is 1. The lowest BCUT2D eigenvalue weighted by Gasteiger charge is -2.36. The van der Waals surface area contributed by atoms with E-state index in [-0.39, 0.29) is 12.5 Å². The summed E-state index contributed by atoms with van der Waals surface area (Å²) in [6.45, 7) is 8.57. The van der Waals surface area contributed by atoms with Crippen molar-refractivity contribution in [2.45, 2.75) is 13.5 Å². The molecule has 0 bridgehead atoms. The fourth-order valence-electron chi connectivity index (χ4n) is 2.70. The van der Waals surface area contributed by atoms with Crippen molar-refractivity contribution < 1.29 is 9.53 Å². The molecule has 26 heavy (non-hydrogen) atoms. The van der Waals surface area contributed by atoms with Crippen LogP contribution in [-0.4, -0.2) is 81.2 Å². The minimum absolute atomic E-state index is 0.0920. The van der Waals surface area contributed by atoms with Gasteiger partial charge in [0.1, 0.15) is 6.54 Å². The summed E-state index contributed by atoms with van der Waals surface area (Å²) in [6.07, 6.45) is 0. The van der Waals surface area contributed by atoms with E-state index in [9.17, 15) is 4.79 Å². The van der Waals surface area contributed by atoms with E-state index in [0.717, 1.165) is 49.6 Å². The maximum atomic E-state index is 11.8. The molecule has 0 saturated carbocycles. The zero-order valence-electron chi connectivity index (χ0n) is 15.5. The van der Waals surface area contributed by atoms with Gasteiger partial charge in [0.15, 0.2) is 5.96 Å². The van der Waals surface area contributed by atoms with Crippen LogP contribution < -0.4 is 10.6 Å². The number of halogens is 1. The van der Waals surface area contributed by atoms with Gasteiger partial charge in [0.2, 0.25) is 5.91 Å². The molecule has 0 spiro atoms. The molecule has 1 saturated heterocycles. The van der Waals surface area contributed by atoms with Crippen LogP contribution in [0.3, 0.4) is 0 Å². The number of rotatable bonds is 8. The summed E-state index contributed by atoms with van der Waals surface area (Å²) in [6, 6.07) is 4.04. The summed E-state index contributed by atoms with van der Waals surface area (Å²) in [5.41, 5.74) is 0. The Labute approximate surface area is 164 Å². The molecule has 0 unspecified atom stereocenters. The highest BCUT2D eigenvalue weighted by atomic mass is 35.5. The van der Waals surface area contributed by atoms with Crippen LogP contribution in [0.1, 0.15) is 11.8 Å². The Hall–Kier alpha value is -1.35. The Morgan fingerprint density at radius 3 is 2.69 bits per heavy atom. The van der Waals surface area contributed by atoms with Gasteiger partial charge in [-0.15, -0.1) is 11.3 Å². The fourth-order valence-corrected chi connectivity index (χ4v) is 3.83. The number of nitrogens with zero attached hydrogens (tertiary/aromatic N) is 3. The van der Waals surface area contributed by atoms with E-state index in [2.05, 4.69) is 31.5 Å². The molecule has 1 aromatic heterocycles. The normalized spacial score (nSPS) is 16.0. The van der Waals surface area contributed by atoms with E-state index in [1.165, 1.54) is 4.88 Å². The summed E-state index contributed by atoms with van der Waals surface area (Å²) >= 11 is 7.64. The molecule has 0 radical (unpaired) electrons. The average Bonchev–Trinajstić information content (AvgIpc) is 3.04. The minimum atomic E-state index is -0.0920. The number of carbonyl (C=O) groups excluding carboxylic acids is 1. The first-order valence-electron chi connectivity index (χ1n) is 8.87. The lowest BCUT2D eigenvalue weighted by molar-refractivity contribution is -0.119. The van der Waals surface area contributed by atoms with E-state index in [0.29, 0.717) is 13.2 Å². The monoisotopic (exact) mass is 401 g/mol. The third-order valence-electron chi connectivity index (χ3n) is 4.02. The number of nitrogens with one attached hydrogen (secondary N) is 2. The zero-order valence-corrected chi connectivity index (χ0v) is 17.0. The highest BCUT2D eigenvalue weighted by Crippen LogP contribution is 2.23. The van der Waals surface area contributed by atoms with Gasteiger partial charge < -0.3 is 20.3 Å². The molecule has 9 heteroatoms. The van der Waals surface area contributed by atoms with Gasteiger partial charge >= 0.3 is 0 Å². The highest BCUT2D eigenvalue weighted by molar-refractivity contribution is 7.16. The van der Waals surface area contributed by atoms with Gasteiger partial charge in [-0.25, -0.2) is 4.99 Å². The molecule has 1 aliphatic rings. The lowest BCUT2D eigenvalue weighted by atomic mass is 10.3. The van der Waals surface area contributed by atoms with Crippen LogP contribution in [-0.2, 0) is 16.1 Å². The number of methoxy groups -OCH3 is 1. The van der Waals surface area contributed by atoms with Crippen molar-refractivity contribution in [3.8, 4) is 0 Å². The summed E-state index contributed by atoms with van der Waals surface area (Å²) in [5, 5.41) is 6.07. The predicted molar refractivity (Wildman–Crippen MR) is 107 cm³/mol. The van der Waals surface area contributed by atoms with Gasteiger partial charge in [-0.05, 0) is 19.1 Å². The minimum Gasteiger partial charge on any atom is -0.383 e. The maximum absolute atomic E-state index is 11.8. The Morgan fingerprint density at radius 2 is 2.08 bits per heavy atom. The standard InChI is InChI=1S/C17H28ClN5O2S/c1-3-19-17(21-12-16(24)20-6-11-25-2)23-9-7-22(8-10-23)13-14-4-5-15(18)26-14/h4-5H,3,6-13H2,1-2H3,(H,19,21)(H,20,24). The second-order valence-electron chi connectivity index (χ2n) is 5.98. The molecule has 0 aromatic carbocycles. The molecule has 1 aromatic rings. The zero-order chi connectivity index (χ0) is 18.8. The summed E-state index contributed by atoms with van der Waals surface area (Å²) < 4.78 is 5.76. The summed E-state index contributed by atoms with van der Waals surface area (Å²) in [5.74, 6) is 0.707. The first-order valence-corrected chi connectivity index (χ1v) is 10.1. The van der Waals surface area contributed by atoms with Crippen LogP contribution in [0.25, 0.3) is 0 Å². The topological polar surface area (TPSA) is 69.2 Å². The number of thiophene rings is 1. The number of piperazine rings is 1. The van der Waals surface area contributed by atoms with Crippen LogP contribution >= 0.6 is 22.9 Å². The van der Waals surface area contributed by atoms with Crippen molar-refractivity contribution in [3.63, 3.8) is 0 Å². The molecule has 1 fully saturated rings. The molecule has 1 aliphatic heterocycles. The molecular formula is C17H28ClN5O2S. The Bertz CT molecular complexity index is 587. The Balaban J connectivity index is 1.80. The number of amides is 1. The SMILES string of the molecule is CCNC(=NCC(=O)NCCOC)N1CCN(Cc2ccc(Cl)s2)CC1. The number of ether oxygens (including phenoxy) is 1. The van der Waals surface area contributed by atoms with Crippen molar-refractivity contribution in [2.24, 2.45) is 4.99 Å². The van der Waals surface area contributed by atoms with Crippen molar-refractivity contribution >= 4 is 34.8 Å². The quantitative estimate of drug-likeness (QED) is 0.390. The molecule has 0 aliphatic carbocycles. The Kier molecular flexibility index (Phi) is 9.17. The third kappa shape index (κ3) is 7.11. The van der Waals surface area contributed by atoms with Crippen LogP contribution in [0.2, 0.25) is 4.34 Å². The summed E-state index contributed by atoms with van der Waals surface area (Å²) in [4.78, 5) is 22.2. The maximum Gasteiger partial charge on any atom is 0.241 e. The van der Waals surface area contributed by atoms with Gasteiger partial charge in [0.25, 0.3) is 0 Å². The first-order chi connectivity index (χ1) is 12.6. The molecule has 146 valence electrons. The number of hydrogen-bond donors (Lipinski definition) is 2. The second-order valence-corrected chi connectivity index (χ2v) is 7.78. The predicted octanol–water partition coefficient (Wildman–Crippen LogP) is 1.25. The van der Waals surface area contributed by atoms with Crippen LogP contribution in [0.5, 0.6) is 0 Å². The molecule has 7 nitrogen and oxygen atoms in total. The number of aliphatic imine (C=N–C) groups is 1. The van der Waals surface area contributed by atoms with Crippen molar-refractivity contribution in [1.82, 2.24) is 20.4 Å². The van der Waals surface area contributed by atoms with Crippen LogP contribution in [0.15, 0.2) is 17.1 Å². The molecule has 1 amide bonds. The number of guanidine groups is 1. The van der Waals surface area contributed by atoms with Gasteiger partial charge in [0.05, 0.1) is 10.9 Å². The third-order valence-corrected chi connectivity index (χ3v) is 5.23. The van der Waals surface area contributed by atoms with E-state index >= 15 is 0 Å².